The van der Waals surface area contributed by atoms with Crippen LogP contribution in [0.15, 0.2) is 35.2 Å². The normalized spacial score (nSPS) is 14.9. The second kappa shape index (κ2) is 9.63. The number of nitrogens with zero attached hydrogens (tertiary/aromatic N) is 2. The zero-order valence-corrected chi connectivity index (χ0v) is 18.4. The summed E-state index contributed by atoms with van der Waals surface area (Å²) in [5.74, 6) is -0.0224. The van der Waals surface area contributed by atoms with E-state index in [0.29, 0.717) is 25.4 Å². The quantitative estimate of drug-likeness (QED) is 0.688. The number of nitrogens with one attached hydrogen (secondary N) is 1. The van der Waals surface area contributed by atoms with Crippen LogP contribution in [0.2, 0.25) is 5.02 Å². The average Bonchev–Trinajstić information content (AvgIpc) is 2.75. The van der Waals surface area contributed by atoms with Gasteiger partial charge in [0.2, 0.25) is 15.9 Å². The van der Waals surface area contributed by atoms with E-state index >= 15 is 0 Å². The lowest BCUT2D eigenvalue weighted by Gasteiger charge is -2.26. The van der Waals surface area contributed by atoms with Gasteiger partial charge in [-0.05, 0) is 44.0 Å². The molecule has 2 aromatic rings. The van der Waals surface area contributed by atoms with Crippen LogP contribution in [0.3, 0.4) is 0 Å². The maximum Gasteiger partial charge on any atom is 0.276 e. The molecule has 1 aromatic heterocycles. The largest absolute Gasteiger partial charge is 0.495 e. The van der Waals surface area contributed by atoms with Crippen molar-refractivity contribution in [3.63, 3.8) is 0 Å². The van der Waals surface area contributed by atoms with E-state index in [1.54, 1.807) is 13.0 Å². The smallest absolute Gasteiger partial charge is 0.276 e. The van der Waals surface area contributed by atoms with E-state index in [1.807, 2.05) is 0 Å². The fraction of sp³-hybridized carbons (Fsp3) is 0.400. The fourth-order valence-corrected chi connectivity index (χ4v) is 4.93. The summed E-state index contributed by atoms with van der Waals surface area (Å²) in [6.07, 6.45) is 2.68. The number of ether oxygens (including phenoxy) is 2. The first kappa shape index (κ1) is 22.3. The van der Waals surface area contributed by atoms with Gasteiger partial charge in [-0.15, -0.1) is 0 Å². The number of carbonyl (C=O) groups excluding carboxylic acids is 1. The van der Waals surface area contributed by atoms with Crippen LogP contribution in [0, 0.1) is 0 Å². The van der Waals surface area contributed by atoms with Gasteiger partial charge in [-0.1, -0.05) is 18.0 Å². The molecule has 0 spiro atoms. The van der Waals surface area contributed by atoms with E-state index in [2.05, 4.69) is 10.3 Å². The van der Waals surface area contributed by atoms with E-state index in [4.69, 9.17) is 21.1 Å². The van der Waals surface area contributed by atoms with Crippen LogP contribution in [0.4, 0.5) is 5.69 Å². The fourth-order valence-electron chi connectivity index (χ4n) is 3.19. The van der Waals surface area contributed by atoms with Crippen molar-refractivity contribution in [2.24, 2.45) is 0 Å². The Balaban J connectivity index is 1.91. The number of hydrogen-bond acceptors (Lipinski definition) is 6. The Labute approximate surface area is 181 Å². The molecule has 0 aliphatic carbocycles. The van der Waals surface area contributed by atoms with Gasteiger partial charge in [0.25, 0.3) is 5.91 Å². The minimum atomic E-state index is -3.67. The molecule has 0 atom stereocenters. The van der Waals surface area contributed by atoms with E-state index in [0.717, 1.165) is 19.3 Å². The maximum atomic E-state index is 13.0. The molecule has 1 aromatic carbocycles. The number of pyridine rings is 1. The molecule has 1 N–H and O–H groups in total. The second-order valence-corrected chi connectivity index (χ2v) is 9.04. The second-order valence-electron chi connectivity index (χ2n) is 6.69. The molecule has 162 valence electrons. The van der Waals surface area contributed by atoms with Gasteiger partial charge >= 0.3 is 0 Å². The molecule has 30 heavy (non-hydrogen) atoms. The van der Waals surface area contributed by atoms with Gasteiger partial charge in [0.15, 0.2) is 5.69 Å². The third-order valence-electron chi connectivity index (χ3n) is 4.70. The number of piperidine rings is 1. The first-order chi connectivity index (χ1) is 14.4. The Kier molecular flexibility index (Phi) is 7.17. The molecule has 10 heteroatoms. The van der Waals surface area contributed by atoms with Crippen molar-refractivity contribution in [1.82, 2.24) is 9.29 Å². The molecule has 3 rings (SSSR count). The summed E-state index contributed by atoms with van der Waals surface area (Å²) >= 11 is 6.12. The highest BCUT2D eigenvalue weighted by Gasteiger charge is 2.27. The molecule has 0 saturated carbocycles. The van der Waals surface area contributed by atoms with Gasteiger partial charge in [-0.25, -0.2) is 13.4 Å². The standard InChI is InChI=1S/C20H24ClN3O5S/c1-3-29-18-10-8-15(21)19(23-18)20(25)22-16-13-14(7-9-17(16)28-2)30(26,27)24-11-5-4-6-12-24/h7-10,13H,3-6,11-12H2,1-2H3,(H,22,25). The zero-order valence-electron chi connectivity index (χ0n) is 16.9. The van der Waals surface area contributed by atoms with Crippen LogP contribution in [-0.2, 0) is 10.0 Å². The lowest BCUT2D eigenvalue weighted by Crippen LogP contribution is -2.35. The van der Waals surface area contributed by atoms with E-state index in [-0.39, 0.29) is 27.2 Å². The lowest BCUT2D eigenvalue weighted by atomic mass is 10.2. The minimum absolute atomic E-state index is 0.0334. The Bertz CT molecular complexity index is 1020. The number of aromatic nitrogens is 1. The minimum Gasteiger partial charge on any atom is -0.495 e. The molecule has 1 fully saturated rings. The lowest BCUT2D eigenvalue weighted by molar-refractivity contribution is 0.102. The van der Waals surface area contributed by atoms with E-state index in [1.165, 1.54) is 35.7 Å². The van der Waals surface area contributed by atoms with Crippen molar-refractivity contribution < 1.29 is 22.7 Å². The van der Waals surface area contributed by atoms with E-state index < -0.39 is 15.9 Å². The summed E-state index contributed by atoms with van der Waals surface area (Å²) in [7, 11) is -2.23. The van der Waals surface area contributed by atoms with Gasteiger partial charge < -0.3 is 14.8 Å². The van der Waals surface area contributed by atoms with Crippen LogP contribution >= 0.6 is 11.6 Å². The van der Waals surface area contributed by atoms with E-state index in [9.17, 15) is 13.2 Å². The maximum absolute atomic E-state index is 13.0. The van der Waals surface area contributed by atoms with Crippen molar-refractivity contribution in [1.29, 1.82) is 0 Å². The number of hydrogen-bond donors (Lipinski definition) is 1. The molecule has 0 bridgehead atoms. The van der Waals surface area contributed by atoms with Gasteiger partial charge in [0.05, 0.1) is 29.3 Å². The summed E-state index contributed by atoms with van der Waals surface area (Å²) in [6.45, 7) is 3.16. The highest BCUT2D eigenvalue weighted by atomic mass is 35.5. The molecule has 8 nitrogen and oxygen atoms in total. The highest BCUT2D eigenvalue weighted by molar-refractivity contribution is 7.89. The van der Waals surface area contributed by atoms with Crippen LogP contribution in [0.25, 0.3) is 0 Å². The van der Waals surface area contributed by atoms with Crippen LogP contribution in [0.1, 0.15) is 36.7 Å². The van der Waals surface area contributed by atoms with Crippen LogP contribution < -0.4 is 14.8 Å². The number of halogens is 1. The zero-order chi connectivity index (χ0) is 21.7. The summed E-state index contributed by atoms with van der Waals surface area (Å²) < 4.78 is 38.0. The number of anilines is 1. The Hall–Kier alpha value is -2.36. The summed E-state index contributed by atoms with van der Waals surface area (Å²) in [5, 5.41) is 2.80. The molecule has 0 radical (unpaired) electrons. The van der Waals surface area contributed by atoms with Crippen molar-refractivity contribution in [2.75, 3.05) is 32.1 Å². The number of methoxy groups -OCH3 is 1. The van der Waals surface area contributed by atoms with Gasteiger partial charge in [-0.2, -0.15) is 4.31 Å². The first-order valence-electron chi connectivity index (χ1n) is 9.65. The first-order valence-corrected chi connectivity index (χ1v) is 11.5. The predicted octanol–water partition coefficient (Wildman–Crippen LogP) is 3.57. The SMILES string of the molecule is CCOc1ccc(Cl)c(C(=O)Nc2cc(S(=O)(=O)N3CCCCC3)ccc2OC)n1. The molecule has 1 aliphatic heterocycles. The summed E-state index contributed by atoms with van der Waals surface area (Å²) in [4.78, 5) is 17.0. The number of amides is 1. The summed E-state index contributed by atoms with van der Waals surface area (Å²) in [6, 6.07) is 7.45. The number of carbonyl (C=O) groups is 1. The van der Waals surface area contributed by atoms with Crippen molar-refractivity contribution in [3.8, 4) is 11.6 Å². The third kappa shape index (κ3) is 4.85. The van der Waals surface area contributed by atoms with Crippen molar-refractivity contribution in [2.45, 2.75) is 31.1 Å². The van der Waals surface area contributed by atoms with Gasteiger partial charge in [0.1, 0.15) is 5.75 Å². The van der Waals surface area contributed by atoms with Crippen molar-refractivity contribution in [3.05, 3.63) is 41.0 Å². The molecule has 1 amide bonds. The number of benzene rings is 1. The Morgan fingerprint density at radius 3 is 2.60 bits per heavy atom. The number of sulfonamides is 1. The molecular weight excluding hydrogens is 430 g/mol. The topological polar surface area (TPSA) is 97.8 Å². The van der Waals surface area contributed by atoms with Gasteiger partial charge in [-0.3, -0.25) is 4.79 Å². The average molecular weight is 454 g/mol. The molecule has 1 saturated heterocycles. The van der Waals surface area contributed by atoms with Crippen LogP contribution in [-0.4, -0.2) is 50.4 Å². The van der Waals surface area contributed by atoms with Gasteiger partial charge in [0, 0.05) is 19.2 Å². The van der Waals surface area contributed by atoms with Crippen LogP contribution in [0.5, 0.6) is 11.6 Å². The highest BCUT2D eigenvalue weighted by Crippen LogP contribution is 2.31. The van der Waals surface area contributed by atoms with Crippen molar-refractivity contribution >= 4 is 33.2 Å². The third-order valence-corrected chi connectivity index (χ3v) is 6.90. The predicted molar refractivity (Wildman–Crippen MR) is 114 cm³/mol. The molecule has 1 aliphatic rings. The molecule has 2 heterocycles. The Morgan fingerprint density at radius 1 is 1.20 bits per heavy atom. The monoisotopic (exact) mass is 453 g/mol. The Morgan fingerprint density at radius 2 is 1.93 bits per heavy atom. The number of rotatable bonds is 7. The summed E-state index contributed by atoms with van der Waals surface area (Å²) in [5.41, 5.74) is 0.175. The molecular formula is C20H24ClN3O5S. The molecule has 0 unspecified atom stereocenters.